The van der Waals surface area contributed by atoms with Gasteiger partial charge in [-0.2, -0.15) is 0 Å². The van der Waals surface area contributed by atoms with E-state index in [1.54, 1.807) is 0 Å². The molecule has 1 N–H and O–H groups in total. The number of nitrogens with one attached hydrogen (secondary N) is 1. The predicted molar refractivity (Wildman–Crippen MR) is 59.7 cm³/mol. The lowest BCUT2D eigenvalue weighted by atomic mass is 9.96. The highest BCUT2D eigenvalue weighted by Gasteiger charge is 2.19. The van der Waals surface area contributed by atoms with Crippen LogP contribution in [0, 0.1) is 5.92 Å². The summed E-state index contributed by atoms with van der Waals surface area (Å²) in [6.07, 6.45) is 2.75. The molecule has 1 rings (SSSR count). The van der Waals surface area contributed by atoms with Gasteiger partial charge in [-0.15, -0.1) is 0 Å². The number of rotatable bonds is 5. The standard InChI is InChI=1S/C11H22N2O2/c1-12-5-6-13(2)11(14)9-10-3-7-15-8-4-10/h10,12H,3-9H2,1-2H3. The van der Waals surface area contributed by atoms with Crippen molar-refractivity contribution < 1.29 is 9.53 Å². The van der Waals surface area contributed by atoms with Crippen molar-refractivity contribution in [2.45, 2.75) is 19.3 Å². The van der Waals surface area contributed by atoms with Gasteiger partial charge in [-0.3, -0.25) is 4.79 Å². The molecule has 0 aliphatic carbocycles. The van der Waals surface area contributed by atoms with Crippen molar-refractivity contribution in [1.82, 2.24) is 10.2 Å². The minimum atomic E-state index is 0.261. The van der Waals surface area contributed by atoms with Gasteiger partial charge < -0.3 is 15.0 Å². The molecule has 0 aromatic carbocycles. The van der Waals surface area contributed by atoms with Crippen LogP contribution in [-0.4, -0.2) is 51.2 Å². The fraction of sp³-hybridized carbons (Fsp3) is 0.909. The van der Waals surface area contributed by atoms with E-state index in [4.69, 9.17) is 4.74 Å². The van der Waals surface area contributed by atoms with Gasteiger partial charge >= 0.3 is 0 Å². The fourth-order valence-electron chi connectivity index (χ4n) is 1.76. The summed E-state index contributed by atoms with van der Waals surface area (Å²) in [6.45, 7) is 3.28. The van der Waals surface area contributed by atoms with Crippen LogP contribution in [0.4, 0.5) is 0 Å². The minimum absolute atomic E-state index is 0.261. The Morgan fingerprint density at radius 1 is 1.47 bits per heavy atom. The van der Waals surface area contributed by atoms with E-state index in [9.17, 15) is 4.79 Å². The summed E-state index contributed by atoms with van der Waals surface area (Å²) in [7, 11) is 3.77. The second-order valence-corrected chi connectivity index (χ2v) is 4.18. The lowest BCUT2D eigenvalue weighted by molar-refractivity contribution is -0.131. The molecule has 0 bridgehead atoms. The molecular weight excluding hydrogens is 192 g/mol. The summed E-state index contributed by atoms with van der Waals surface area (Å²) < 4.78 is 5.27. The van der Waals surface area contributed by atoms with Crippen molar-refractivity contribution in [3.63, 3.8) is 0 Å². The lowest BCUT2D eigenvalue weighted by Gasteiger charge is -2.24. The van der Waals surface area contributed by atoms with Crippen LogP contribution >= 0.6 is 0 Å². The molecule has 1 amide bonds. The quantitative estimate of drug-likeness (QED) is 0.724. The van der Waals surface area contributed by atoms with Gasteiger partial charge in [0.2, 0.25) is 5.91 Å². The Morgan fingerprint density at radius 3 is 2.73 bits per heavy atom. The number of carbonyl (C=O) groups excluding carboxylic acids is 1. The van der Waals surface area contributed by atoms with Gasteiger partial charge in [-0.1, -0.05) is 0 Å². The molecule has 1 heterocycles. The lowest BCUT2D eigenvalue weighted by Crippen LogP contribution is -2.34. The Hall–Kier alpha value is -0.610. The Kier molecular flexibility index (Phi) is 5.65. The van der Waals surface area contributed by atoms with Gasteiger partial charge in [-0.25, -0.2) is 0 Å². The number of ether oxygens (including phenoxy) is 1. The average molecular weight is 214 g/mol. The first-order valence-corrected chi connectivity index (χ1v) is 5.70. The molecule has 1 fully saturated rings. The van der Waals surface area contributed by atoms with E-state index >= 15 is 0 Å². The van der Waals surface area contributed by atoms with Crippen LogP contribution in [0.1, 0.15) is 19.3 Å². The second-order valence-electron chi connectivity index (χ2n) is 4.18. The van der Waals surface area contributed by atoms with Crippen molar-refractivity contribution in [3.8, 4) is 0 Å². The van der Waals surface area contributed by atoms with E-state index < -0.39 is 0 Å². The molecule has 0 saturated carbocycles. The van der Waals surface area contributed by atoms with Gasteiger partial charge in [0.05, 0.1) is 0 Å². The molecule has 0 atom stereocenters. The van der Waals surface area contributed by atoms with Crippen LogP contribution in [0.2, 0.25) is 0 Å². The first-order valence-electron chi connectivity index (χ1n) is 5.70. The van der Waals surface area contributed by atoms with Gasteiger partial charge in [-0.05, 0) is 25.8 Å². The molecule has 15 heavy (non-hydrogen) atoms. The van der Waals surface area contributed by atoms with Crippen molar-refractivity contribution in [2.75, 3.05) is 40.4 Å². The van der Waals surface area contributed by atoms with Gasteiger partial charge in [0, 0.05) is 39.8 Å². The van der Waals surface area contributed by atoms with E-state index in [1.165, 1.54) is 0 Å². The van der Waals surface area contributed by atoms with E-state index in [1.807, 2.05) is 19.0 Å². The zero-order chi connectivity index (χ0) is 11.1. The van der Waals surface area contributed by atoms with Gasteiger partial charge in [0.15, 0.2) is 0 Å². The zero-order valence-electron chi connectivity index (χ0n) is 9.79. The molecule has 0 aromatic heterocycles. The normalized spacial score (nSPS) is 17.7. The van der Waals surface area contributed by atoms with Crippen molar-refractivity contribution in [3.05, 3.63) is 0 Å². The largest absolute Gasteiger partial charge is 0.381 e. The number of likely N-dealkylation sites (N-methyl/N-ethyl adjacent to an activating group) is 2. The Bertz CT molecular complexity index is 191. The van der Waals surface area contributed by atoms with Crippen LogP contribution < -0.4 is 5.32 Å². The van der Waals surface area contributed by atoms with Gasteiger partial charge in [0.1, 0.15) is 0 Å². The molecule has 4 nitrogen and oxygen atoms in total. The highest BCUT2D eigenvalue weighted by Crippen LogP contribution is 2.18. The number of nitrogens with zero attached hydrogens (tertiary/aromatic N) is 1. The maximum Gasteiger partial charge on any atom is 0.222 e. The molecule has 0 unspecified atom stereocenters. The van der Waals surface area contributed by atoms with Crippen LogP contribution in [0.15, 0.2) is 0 Å². The summed E-state index contributed by atoms with van der Waals surface area (Å²) in [4.78, 5) is 13.6. The molecule has 0 radical (unpaired) electrons. The number of hydrogen-bond donors (Lipinski definition) is 1. The SMILES string of the molecule is CNCCN(C)C(=O)CC1CCOCC1. The summed E-state index contributed by atoms with van der Waals surface area (Å²) in [6, 6.07) is 0. The van der Waals surface area contributed by atoms with Crippen LogP contribution in [0.5, 0.6) is 0 Å². The maximum absolute atomic E-state index is 11.8. The third-order valence-corrected chi connectivity index (χ3v) is 2.93. The first-order chi connectivity index (χ1) is 7.24. The summed E-state index contributed by atoms with van der Waals surface area (Å²) >= 11 is 0. The van der Waals surface area contributed by atoms with E-state index in [2.05, 4.69) is 5.32 Å². The third-order valence-electron chi connectivity index (χ3n) is 2.93. The van der Waals surface area contributed by atoms with Crippen molar-refractivity contribution in [1.29, 1.82) is 0 Å². The Morgan fingerprint density at radius 2 is 2.13 bits per heavy atom. The molecular formula is C11H22N2O2. The molecule has 0 spiro atoms. The second kappa shape index (κ2) is 6.80. The molecule has 88 valence electrons. The zero-order valence-corrected chi connectivity index (χ0v) is 9.79. The third kappa shape index (κ3) is 4.62. The van der Waals surface area contributed by atoms with E-state index in [0.717, 1.165) is 39.1 Å². The average Bonchev–Trinajstić information content (AvgIpc) is 2.27. The first kappa shape index (κ1) is 12.5. The van der Waals surface area contributed by atoms with Crippen molar-refractivity contribution in [2.24, 2.45) is 5.92 Å². The number of hydrogen-bond acceptors (Lipinski definition) is 3. The monoisotopic (exact) mass is 214 g/mol. The Labute approximate surface area is 92.0 Å². The number of carbonyl (C=O) groups is 1. The highest BCUT2D eigenvalue weighted by atomic mass is 16.5. The molecule has 1 aliphatic rings. The molecule has 0 aromatic rings. The summed E-state index contributed by atoms with van der Waals surface area (Å²) in [5.74, 6) is 0.792. The molecule has 4 heteroatoms. The maximum atomic E-state index is 11.8. The fourth-order valence-corrected chi connectivity index (χ4v) is 1.76. The van der Waals surface area contributed by atoms with Gasteiger partial charge in [0.25, 0.3) is 0 Å². The summed E-state index contributed by atoms with van der Waals surface area (Å²) in [5.41, 5.74) is 0. The van der Waals surface area contributed by atoms with E-state index in [-0.39, 0.29) is 5.91 Å². The number of amides is 1. The predicted octanol–water partition coefficient (Wildman–Crippen LogP) is 0.481. The summed E-state index contributed by atoms with van der Waals surface area (Å²) in [5, 5.41) is 3.04. The van der Waals surface area contributed by atoms with E-state index in [0.29, 0.717) is 12.3 Å². The highest BCUT2D eigenvalue weighted by molar-refractivity contribution is 5.76. The van der Waals surface area contributed by atoms with Crippen molar-refractivity contribution >= 4 is 5.91 Å². The minimum Gasteiger partial charge on any atom is -0.381 e. The molecule has 1 aliphatic heterocycles. The molecule has 1 saturated heterocycles. The van der Waals surface area contributed by atoms with Crippen LogP contribution in [0.25, 0.3) is 0 Å². The Balaban J connectivity index is 2.20. The topological polar surface area (TPSA) is 41.6 Å². The van der Waals surface area contributed by atoms with Crippen LogP contribution in [-0.2, 0) is 9.53 Å². The van der Waals surface area contributed by atoms with Crippen LogP contribution in [0.3, 0.4) is 0 Å². The smallest absolute Gasteiger partial charge is 0.222 e.